The van der Waals surface area contributed by atoms with Gasteiger partial charge in [-0.2, -0.15) is 0 Å². The van der Waals surface area contributed by atoms with Crippen molar-refractivity contribution >= 4 is 35.0 Å². The molecule has 0 aliphatic carbocycles. The van der Waals surface area contributed by atoms with E-state index in [1.807, 2.05) is 38.1 Å². The standard InChI is InChI=1S/C21H21F2N5O2S/c1-3-28-18(11-19(29)24-14-6-4-5-13(2)9-14)26-27-21(28)31-12-20(30)25-15-7-8-16(22)17(23)10-15/h4-10H,3,11-12H2,1-2H3,(H,24,29)(H,25,30). The lowest BCUT2D eigenvalue weighted by molar-refractivity contribution is -0.116. The minimum Gasteiger partial charge on any atom is -0.326 e. The van der Waals surface area contributed by atoms with Crippen LogP contribution in [0.1, 0.15) is 18.3 Å². The number of rotatable bonds is 8. The van der Waals surface area contributed by atoms with E-state index in [4.69, 9.17) is 0 Å². The van der Waals surface area contributed by atoms with E-state index in [0.717, 1.165) is 29.5 Å². The molecule has 3 aromatic rings. The zero-order valence-corrected chi connectivity index (χ0v) is 17.8. The number of nitrogens with zero attached hydrogens (tertiary/aromatic N) is 3. The van der Waals surface area contributed by atoms with Crippen molar-refractivity contribution in [1.29, 1.82) is 0 Å². The summed E-state index contributed by atoms with van der Waals surface area (Å²) in [6.45, 7) is 4.35. The van der Waals surface area contributed by atoms with Crippen molar-refractivity contribution in [3.05, 3.63) is 65.5 Å². The number of halogens is 2. The molecule has 2 aromatic carbocycles. The summed E-state index contributed by atoms with van der Waals surface area (Å²) < 4.78 is 28.0. The quantitative estimate of drug-likeness (QED) is 0.515. The normalized spacial score (nSPS) is 10.7. The van der Waals surface area contributed by atoms with Gasteiger partial charge in [-0.05, 0) is 43.7 Å². The Balaban J connectivity index is 1.58. The van der Waals surface area contributed by atoms with E-state index in [1.165, 1.54) is 6.07 Å². The molecular formula is C21H21F2N5O2S. The van der Waals surface area contributed by atoms with Gasteiger partial charge in [-0.25, -0.2) is 8.78 Å². The number of thioether (sulfide) groups is 1. The Morgan fingerprint density at radius 1 is 1.00 bits per heavy atom. The summed E-state index contributed by atoms with van der Waals surface area (Å²) in [4.78, 5) is 24.5. The van der Waals surface area contributed by atoms with Crippen LogP contribution in [0.3, 0.4) is 0 Å². The first kappa shape index (κ1) is 22.4. The first-order valence-electron chi connectivity index (χ1n) is 9.52. The largest absolute Gasteiger partial charge is 0.326 e. The minimum absolute atomic E-state index is 0.00732. The molecule has 0 saturated carbocycles. The van der Waals surface area contributed by atoms with Gasteiger partial charge in [-0.1, -0.05) is 23.9 Å². The van der Waals surface area contributed by atoms with Crippen LogP contribution in [-0.2, 0) is 22.6 Å². The Bertz CT molecular complexity index is 1100. The number of benzene rings is 2. The fraction of sp³-hybridized carbons (Fsp3) is 0.238. The third kappa shape index (κ3) is 6.11. The maximum absolute atomic E-state index is 13.3. The molecule has 0 fully saturated rings. The smallest absolute Gasteiger partial charge is 0.234 e. The number of nitrogens with one attached hydrogen (secondary N) is 2. The van der Waals surface area contributed by atoms with Crippen LogP contribution in [0.2, 0.25) is 0 Å². The molecule has 0 saturated heterocycles. The number of anilines is 2. The first-order chi connectivity index (χ1) is 14.9. The van der Waals surface area contributed by atoms with E-state index in [9.17, 15) is 18.4 Å². The summed E-state index contributed by atoms with van der Waals surface area (Å²) in [5.74, 6) is -2.17. The van der Waals surface area contributed by atoms with Gasteiger partial charge < -0.3 is 15.2 Å². The maximum atomic E-state index is 13.3. The third-order valence-electron chi connectivity index (χ3n) is 4.27. The highest BCUT2D eigenvalue weighted by molar-refractivity contribution is 7.99. The maximum Gasteiger partial charge on any atom is 0.234 e. The average Bonchev–Trinajstić information content (AvgIpc) is 3.10. The number of amides is 2. The van der Waals surface area contributed by atoms with Crippen molar-refractivity contribution < 1.29 is 18.4 Å². The highest BCUT2D eigenvalue weighted by Gasteiger charge is 2.16. The predicted octanol–water partition coefficient (Wildman–Crippen LogP) is 3.80. The van der Waals surface area contributed by atoms with Crippen molar-refractivity contribution in [2.75, 3.05) is 16.4 Å². The van der Waals surface area contributed by atoms with Crippen LogP contribution in [-0.4, -0.2) is 32.3 Å². The number of hydrogen-bond donors (Lipinski definition) is 2. The summed E-state index contributed by atoms with van der Waals surface area (Å²) in [5.41, 5.74) is 1.90. The van der Waals surface area contributed by atoms with E-state index in [0.29, 0.717) is 23.2 Å². The Morgan fingerprint density at radius 2 is 1.74 bits per heavy atom. The molecule has 0 aliphatic heterocycles. The van der Waals surface area contributed by atoms with Crippen LogP contribution < -0.4 is 10.6 Å². The van der Waals surface area contributed by atoms with Gasteiger partial charge in [-0.3, -0.25) is 9.59 Å². The second-order valence-corrected chi connectivity index (χ2v) is 7.65. The molecule has 0 unspecified atom stereocenters. The van der Waals surface area contributed by atoms with Gasteiger partial charge in [0.15, 0.2) is 16.8 Å². The monoisotopic (exact) mass is 445 g/mol. The van der Waals surface area contributed by atoms with E-state index in [2.05, 4.69) is 20.8 Å². The molecule has 2 N–H and O–H groups in total. The second-order valence-electron chi connectivity index (χ2n) is 6.70. The Kier molecular flexibility index (Phi) is 7.35. The third-order valence-corrected chi connectivity index (χ3v) is 5.23. The Labute approximate surface area is 182 Å². The molecule has 31 heavy (non-hydrogen) atoms. The lowest BCUT2D eigenvalue weighted by atomic mass is 10.2. The molecule has 1 heterocycles. The van der Waals surface area contributed by atoms with Crippen molar-refractivity contribution in [1.82, 2.24) is 14.8 Å². The minimum atomic E-state index is -1.04. The van der Waals surface area contributed by atoms with Crippen LogP contribution in [0.25, 0.3) is 0 Å². The SMILES string of the molecule is CCn1c(CC(=O)Nc2cccc(C)c2)nnc1SCC(=O)Nc1ccc(F)c(F)c1. The Morgan fingerprint density at radius 3 is 2.45 bits per heavy atom. The van der Waals surface area contributed by atoms with E-state index < -0.39 is 17.5 Å². The van der Waals surface area contributed by atoms with Gasteiger partial charge in [0.05, 0.1) is 12.2 Å². The van der Waals surface area contributed by atoms with Crippen LogP contribution in [0.4, 0.5) is 20.2 Å². The zero-order valence-electron chi connectivity index (χ0n) is 17.0. The molecule has 162 valence electrons. The summed E-state index contributed by atoms with van der Waals surface area (Å²) in [6, 6.07) is 10.6. The topological polar surface area (TPSA) is 88.9 Å². The lowest BCUT2D eigenvalue weighted by Crippen LogP contribution is -2.18. The summed E-state index contributed by atoms with van der Waals surface area (Å²) in [7, 11) is 0. The molecule has 0 aliphatic rings. The number of aromatic nitrogens is 3. The number of aryl methyl sites for hydroxylation is 1. The van der Waals surface area contributed by atoms with Gasteiger partial charge in [0.1, 0.15) is 5.82 Å². The van der Waals surface area contributed by atoms with Crippen molar-refractivity contribution in [2.45, 2.75) is 32.0 Å². The Hall–Kier alpha value is -3.27. The van der Waals surface area contributed by atoms with Gasteiger partial charge in [0.25, 0.3) is 0 Å². The molecule has 1 aromatic heterocycles. The molecule has 3 rings (SSSR count). The summed E-state index contributed by atoms with van der Waals surface area (Å²) in [6.07, 6.45) is 0.0381. The van der Waals surface area contributed by atoms with E-state index in [1.54, 1.807) is 4.57 Å². The number of carbonyl (C=O) groups excluding carboxylic acids is 2. The highest BCUT2D eigenvalue weighted by Crippen LogP contribution is 2.19. The highest BCUT2D eigenvalue weighted by atomic mass is 32.2. The van der Waals surface area contributed by atoms with Crippen molar-refractivity contribution in [2.24, 2.45) is 0 Å². The number of hydrogen-bond acceptors (Lipinski definition) is 5. The number of carbonyl (C=O) groups is 2. The first-order valence-corrected chi connectivity index (χ1v) is 10.5. The van der Waals surface area contributed by atoms with E-state index >= 15 is 0 Å². The fourth-order valence-electron chi connectivity index (χ4n) is 2.85. The molecule has 7 nitrogen and oxygen atoms in total. The predicted molar refractivity (Wildman–Crippen MR) is 115 cm³/mol. The molecule has 2 amide bonds. The van der Waals surface area contributed by atoms with E-state index in [-0.39, 0.29) is 23.8 Å². The summed E-state index contributed by atoms with van der Waals surface area (Å²) >= 11 is 1.14. The lowest BCUT2D eigenvalue weighted by Gasteiger charge is -2.09. The zero-order chi connectivity index (χ0) is 22.4. The van der Waals surface area contributed by atoms with Crippen LogP contribution >= 0.6 is 11.8 Å². The average molecular weight is 445 g/mol. The molecular weight excluding hydrogens is 424 g/mol. The van der Waals surface area contributed by atoms with Gasteiger partial charge >= 0.3 is 0 Å². The molecule has 0 atom stereocenters. The summed E-state index contributed by atoms with van der Waals surface area (Å²) in [5, 5.41) is 14.0. The van der Waals surface area contributed by atoms with Gasteiger partial charge in [0, 0.05) is 24.0 Å². The molecule has 0 bridgehead atoms. The fourth-order valence-corrected chi connectivity index (χ4v) is 3.67. The second kappa shape index (κ2) is 10.2. The van der Waals surface area contributed by atoms with Crippen LogP contribution in [0.5, 0.6) is 0 Å². The van der Waals surface area contributed by atoms with Gasteiger partial charge in [0.2, 0.25) is 11.8 Å². The molecule has 10 heteroatoms. The molecule has 0 spiro atoms. The molecule has 0 radical (unpaired) electrons. The van der Waals surface area contributed by atoms with Crippen LogP contribution in [0.15, 0.2) is 47.6 Å². The van der Waals surface area contributed by atoms with Crippen LogP contribution in [0, 0.1) is 18.6 Å². The van der Waals surface area contributed by atoms with Gasteiger partial charge in [-0.15, -0.1) is 10.2 Å². The van der Waals surface area contributed by atoms with Crippen molar-refractivity contribution in [3.8, 4) is 0 Å². The van der Waals surface area contributed by atoms with Crippen molar-refractivity contribution in [3.63, 3.8) is 0 Å².